The molecule has 4 rings (SSSR count). The van der Waals surface area contributed by atoms with Crippen LogP contribution in [0.3, 0.4) is 0 Å². The molecule has 4 aromatic rings. The molecular weight excluding hydrogens is 350 g/mol. The van der Waals surface area contributed by atoms with E-state index < -0.39 is 17.5 Å². The molecule has 1 aromatic heterocycles. The second kappa shape index (κ2) is 6.48. The predicted octanol–water partition coefficient (Wildman–Crippen LogP) is 3.71. The standard InChI is InChI=1S/C21H16F2N2O2/c22-14-6-13(7-15(23)9-14)10-25-18-3-1-2-17(21(24)27)20(18)16-5-4-12(11-26)8-19(16)25/h1-9,26H,10-11H2,(H2,24,27). The van der Waals surface area contributed by atoms with E-state index in [-0.39, 0.29) is 13.2 Å². The van der Waals surface area contributed by atoms with Gasteiger partial charge in [-0.15, -0.1) is 0 Å². The van der Waals surface area contributed by atoms with Crippen molar-refractivity contribution in [3.8, 4) is 0 Å². The van der Waals surface area contributed by atoms with E-state index in [1.165, 1.54) is 12.1 Å². The van der Waals surface area contributed by atoms with Crippen molar-refractivity contribution in [1.29, 1.82) is 0 Å². The molecule has 0 saturated heterocycles. The molecule has 0 atom stereocenters. The lowest BCUT2D eigenvalue weighted by Gasteiger charge is -2.09. The summed E-state index contributed by atoms with van der Waals surface area (Å²) in [5.41, 5.74) is 8.52. The minimum atomic E-state index is -0.653. The minimum Gasteiger partial charge on any atom is -0.392 e. The molecule has 136 valence electrons. The Morgan fingerprint density at radius 2 is 1.70 bits per heavy atom. The Bertz CT molecular complexity index is 1180. The number of amides is 1. The maximum absolute atomic E-state index is 13.6. The summed E-state index contributed by atoms with van der Waals surface area (Å²) >= 11 is 0. The highest BCUT2D eigenvalue weighted by atomic mass is 19.1. The fourth-order valence-electron chi connectivity index (χ4n) is 3.55. The zero-order chi connectivity index (χ0) is 19.1. The van der Waals surface area contributed by atoms with Gasteiger partial charge in [0.15, 0.2) is 0 Å². The van der Waals surface area contributed by atoms with Gasteiger partial charge in [-0.2, -0.15) is 0 Å². The highest BCUT2D eigenvalue weighted by Crippen LogP contribution is 2.33. The molecule has 3 aromatic carbocycles. The van der Waals surface area contributed by atoms with Crippen molar-refractivity contribution in [2.45, 2.75) is 13.2 Å². The first-order valence-corrected chi connectivity index (χ1v) is 8.37. The van der Waals surface area contributed by atoms with Gasteiger partial charge in [0.1, 0.15) is 11.6 Å². The molecule has 0 aliphatic rings. The number of aromatic nitrogens is 1. The number of carbonyl (C=O) groups is 1. The lowest BCUT2D eigenvalue weighted by Crippen LogP contribution is -2.11. The highest BCUT2D eigenvalue weighted by molar-refractivity contribution is 6.17. The van der Waals surface area contributed by atoms with Gasteiger partial charge in [-0.05, 0) is 41.5 Å². The Labute approximate surface area is 153 Å². The molecule has 0 radical (unpaired) electrons. The van der Waals surface area contributed by atoms with Gasteiger partial charge in [-0.3, -0.25) is 4.79 Å². The SMILES string of the molecule is NC(=O)c1cccc2c1c1ccc(CO)cc1n2Cc1cc(F)cc(F)c1. The number of aliphatic hydroxyl groups is 1. The third-order valence-corrected chi connectivity index (χ3v) is 4.67. The maximum atomic E-state index is 13.6. The Hall–Kier alpha value is -3.25. The first kappa shape index (κ1) is 17.2. The molecule has 1 amide bonds. The zero-order valence-corrected chi connectivity index (χ0v) is 14.2. The second-order valence-electron chi connectivity index (χ2n) is 6.44. The van der Waals surface area contributed by atoms with Gasteiger partial charge in [-0.1, -0.05) is 18.2 Å². The lowest BCUT2D eigenvalue weighted by molar-refractivity contribution is 0.100. The van der Waals surface area contributed by atoms with Gasteiger partial charge in [0.2, 0.25) is 5.91 Å². The molecule has 0 aliphatic carbocycles. The molecule has 0 fully saturated rings. The molecule has 3 N–H and O–H groups in total. The van der Waals surface area contributed by atoms with E-state index in [2.05, 4.69) is 0 Å². The number of aliphatic hydroxyl groups excluding tert-OH is 1. The van der Waals surface area contributed by atoms with Gasteiger partial charge in [0, 0.05) is 34.5 Å². The smallest absolute Gasteiger partial charge is 0.249 e. The summed E-state index contributed by atoms with van der Waals surface area (Å²) in [4.78, 5) is 11.9. The van der Waals surface area contributed by atoms with Crippen molar-refractivity contribution < 1.29 is 18.7 Å². The number of nitrogens with two attached hydrogens (primary N) is 1. The summed E-state index contributed by atoms with van der Waals surface area (Å²) in [5.74, 6) is -1.86. The van der Waals surface area contributed by atoms with Gasteiger partial charge in [0.05, 0.1) is 12.1 Å². The molecule has 0 aliphatic heterocycles. The summed E-state index contributed by atoms with van der Waals surface area (Å²) in [5, 5.41) is 11.0. The summed E-state index contributed by atoms with van der Waals surface area (Å²) in [6.07, 6.45) is 0. The quantitative estimate of drug-likeness (QED) is 0.578. The van der Waals surface area contributed by atoms with Crippen LogP contribution in [0.5, 0.6) is 0 Å². The summed E-state index contributed by atoms with van der Waals surface area (Å²) in [7, 11) is 0. The molecule has 0 spiro atoms. The first-order chi connectivity index (χ1) is 13.0. The zero-order valence-electron chi connectivity index (χ0n) is 14.2. The summed E-state index contributed by atoms with van der Waals surface area (Å²) in [6, 6.07) is 14.0. The van der Waals surface area contributed by atoms with Crippen LogP contribution in [0.15, 0.2) is 54.6 Å². The molecule has 1 heterocycles. The van der Waals surface area contributed by atoms with Crippen molar-refractivity contribution in [3.63, 3.8) is 0 Å². The van der Waals surface area contributed by atoms with Crippen molar-refractivity contribution in [1.82, 2.24) is 4.57 Å². The average molecular weight is 366 g/mol. The first-order valence-electron chi connectivity index (χ1n) is 8.37. The number of primary amides is 1. The van der Waals surface area contributed by atoms with Crippen LogP contribution in [-0.2, 0) is 13.2 Å². The van der Waals surface area contributed by atoms with E-state index in [1.54, 1.807) is 24.3 Å². The average Bonchev–Trinajstić information content (AvgIpc) is 2.94. The lowest BCUT2D eigenvalue weighted by atomic mass is 10.0. The van der Waals surface area contributed by atoms with Crippen LogP contribution in [-0.4, -0.2) is 15.6 Å². The van der Waals surface area contributed by atoms with Crippen molar-refractivity contribution in [2.75, 3.05) is 0 Å². The molecular formula is C21H16F2N2O2. The molecule has 0 bridgehead atoms. The minimum absolute atomic E-state index is 0.144. The summed E-state index contributed by atoms with van der Waals surface area (Å²) < 4.78 is 29.1. The topological polar surface area (TPSA) is 68.2 Å². The van der Waals surface area contributed by atoms with Crippen LogP contribution in [0, 0.1) is 11.6 Å². The van der Waals surface area contributed by atoms with Crippen LogP contribution in [0.2, 0.25) is 0 Å². The van der Waals surface area contributed by atoms with E-state index in [0.717, 1.165) is 22.5 Å². The Kier molecular flexibility index (Phi) is 4.12. The number of benzene rings is 3. The van der Waals surface area contributed by atoms with E-state index >= 15 is 0 Å². The monoisotopic (exact) mass is 366 g/mol. The Balaban J connectivity index is 2.04. The second-order valence-corrected chi connectivity index (χ2v) is 6.44. The molecule has 6 heteroatoms. The van der Waals surface area contributed by atoms with Crippen molar-refractivity contribution >= 4 is 27.7 Å². The van der Waals surface area contributed by atoms with Gasteiger partial charge < -0.3 is 15.4 Å². The molecule has 27 heavy (non-hydrogen) atoms. The fourth-order valence-corrected chi connectivity index (χ4v) is 3.55. The Morgan fingerprint density at radius 3 is 2.37 bits per heavy atom. The van der Waals surface area contributed by atoms with E-state index in [1.807, 2.05) is 16.7 Å². The van der Waals surface area contributed by atoms with Crippen LogP contribution in [0.25, 0.3) is 21.8 Å². The van der Waals surface area contributed by atoms with E-state index in [4.69, 9.17) is 5.73 Å². The van der Waals surface area contributed by atoms with Crippen molar-refractivity contribution in [2.24, 2.45) is 5.73 Å². The maximum Gasteiger partial charge on any atom is 0.249 e. The number of rotatable bonds is 4. The van der Waals surface area contributed by atoms with Crippen molar-refractivity contribution in [3.05, 3.63) is 82.9 Å². The fraction of sp³-hybridized carbons (Fsp3) is 0.0952. The van der Waals surface area contributed by atoms with Gasteiger partial charge in [0.25, 0.3) is 0 Å². The molecule has 4 nitrogen and oxygen atoms in total. The highest BCUT2D eigenvalue weighted by Gasteiger charge is 2.17. The van der Waals surface area contributed by atoms with Gasteiger partial charge >= 0.3 is 0 Å². The third-order valence-electron chi connectivity index (χ3n) is 4.67. The third kappa shape index (κ3) is 2.94. The number of halogens is 2. The Morgan fingerprint density at radius 1 is 0.963 bits per heavy atom. The largest absolute Gasteiger partial charge is 0.392 e. The summed E-state index contributed by atoms with van der Waals surface area (Å²) in [6.45, 7) is 0.0561. The molecule has 0 saturated carbocycles. The molecule has 0 unspecified atom stereocenters. The van der Waals surface area contributed by atoms with Crippen LogP contribution in [0.4, 0.5) is 8.78 Å². The predicted molar refractivity (Wildman–Crippen MR) is 99.3 cm³/mol. The number of nitrogens with zero attached hydrogens (tertiary/aromatic N) is 1. The van der Waals surface area contributed by atoms with Crippen LogP contribution in [0.1, 0.15) is 21.5 Å². The normalized spacial score (nSPS) is 11.4. The number of hydrogen-bond donors (Lipinski definition) is 2. The van der Waals surface area contributed by atoms with E-state index in [0.29, 0.717) is 22.1 Å². The number of carbonyl (C=O) groups excluding carboxylic acids is 1. The number of hydrogen-bond acceptors (Lipinski definition) is 2. The van der Waals surface area contributed by atoms with Gasteiger partial charge in [-0.25, -0.2) is 8.78 Å². The van der Waals surface area contributed by atoms with Crippen LogP contribution < -0.4 is 5.73 Å². The van der Waals surface area contributed by atoms with Crippen LogP contribution >= 0.6 is 0 Å². The van der Waals surface area contributed by atoms with E-state index in [9.17, 15) is 18.7 Å². The number of fused-ring (bicyclic) bond motifs is 3.